The molecule has 1 aromatic carbocycles. The van der Waals surface area contributed by atoms with Crippen molar-refractivity contribution in [3.8, 4) is 5.69 Å². The zero-order chi connectivity index (χ0) is 17.3. The first-order valence-electron chi connectivity index (χ1n) is 8.12. The fourth-order valence-corrected chi connectivity index (χ4v) is 3.17. The fourth-order valence-electron chi connectivity index (χ4n) is 3.17. The molecule has 0 spiro atoms. The van der Waals surface area contributed by atoms with Gasteiger partial charge in [0.2, 0.25) is 0 Å². The van der Waals surface area contributed by atoms with E-state index in [0.29, 0.717) is 24.4 Å². The second-order valence-electron chi connectivity index (χ2n) is 6.44. The molecule has 1 fully saturated rings. The predicted molar refractivity (Wildman–Crippen MR) is 89.2 cm³/mol. The molecule has 0 aliphatic carbocycles. The zero-order valence-corrected chi connectivity index (χ0v) is 13.8. The van der Waals surface area contributed by atoms with E-state index < -0.39 is 12.0 Å². The minimum atomic E-state index is -0.943. The maximum Gasteiger partial charge on any atom is 0.326 e. The van der Waals surface area contributed by atoms with Crippen LogP contribution < -0.4 is 0 Å². The molecule has 3 rings (SSSR count). The monoisotopic (exact) mass is 327 g/mol. The van der Waals surface area contributed by atoms with Crippen LogP contribution in [0.25, 0.3) is 5.69 Å². The van der Waals surface area contributed by atoms with Crippen molar-refractivity contribution >= 4 is 11.9 Å². The van der Waals surface area contributed by atoms with Gasteiger partial charge in [-0.15, -0.1) is 0 Å². The first-order chi connectivity index (χ1) is 11.5. The van der Waals surface area contributed by atoms with Crippen LogP contribution in [0, 0.1) is 12.8 Å². The predicted octanol–water partition coefficient (Wildman–Crippen LogP) is 2.51. The van der Waals surface area contributed by atoms with E-state index in [0.717, 1.165) is 17.7 Å². The number of hydrogen-bond acceptors (Lipinski definition) is 3. The Bertz CT molecular complexity index is 768. The molecule has 6 nitrogen and oxygen atoms in total. The van der Waals surface area contributed by atoms with Crippen molar-refractivity contribution in [2.24, 2.45) is 5.92 Å². The number of amides is 1. The second kappa shape index (κ2) is 6.47. The Balaban J connectivity index is 1.85. The summed E-state index contributed by atoms with van der Waals surface area (Å²) in [5.74, 6) is -0.903. The number of carboxylic acids is 1. The van der Waals surface area contributed by atoms with Crippen molar-refractivity contribution in [2.45, 2.75) is 32.7 Å². The first-order valence-corrected chi connectivity index (χ1v) is 8.12. The minimum Gasteiger partial charge on any atom is -0.480 e. The molecule has 24 heavy (non-hydrogen) atoms. The molecule has 1 N–H and O–H groups in total. The molecule has 0 radical (unpaired) electrons. The number of benzene rings is 1. The number of para-hydroxylation sites is 1. The lowest BCUT2D eigenvalue weighted by Gasteiger charge is -2.35. The van der Waals surface area contributed by atoms with Crippen molar-refractivity contribution < 1.29 is 14.7 Å². The summed E-state index contributed by atoms with van der Waals surface area (Å²) in [5, 5.41) is 13.7. The zero-order valence-electron chi connectivity index (χ0n) is 13.8. The highest BCUT2D eigenvalue weighted by Crippen LogP contribution is 2.24. The molecule has 0 bridgehead atoms. The van der Waals surface area contributed by atoms with E-state index in [2.05, 4.69) is 5.10 Å². The Labute approximate surface area is 140 Å². The van der Waals surface area contributed by atoms with Crippen molar-refractivity contribution in [3.63, 3.8) is 0 Å². The highest BCUT2D eigenvalue weighted by atomic mass is 16.4. The molecule has 1 aromatic heterocycles. The molecule has 2 atom stereocenters. The van der Waals surface area contributed by atoms with Crippen LogP contribution in [-0.4, -0.2) is 44.3 Å². The highest BCUT2D eigenvalue weighted by molar-refractivity contribution is 5.96. The van der Waals surface area contributed by atoms with Gasteiger partial charge in [-0.1, -0.05) is 25.1 Å². The van der Waals surface area contributed by atoms with Gasteiger partial charge in [0.25, 0.3) is 5.91 Å². The molecule has 2 heterocycles. The van der Waals surface area contributed by atoms with Gasteiger partial charge in [-0.3, -0.25) is 4.79 Å². The van der Waals surface area contributed by atoms with Crippen LogP contribution in [-0.2, 0) is 4.79 Å². The third-order valence-electron chi connectivity index (χ3n) is 4.60. The van der Waals surface area contributed by atoms with Gasteiger partial charge in [-0.25, -0.2) is 9.48 Å². The summed E-state index contributed by atoms with van der Waals surface area (Å²) in [5.41, 5.74) is 2.37. The normalized spacial score (nSPS) is 20.8. The number of likely N-dealkylation sites (tertiary alicyclic amines) is 1. The third kappa shape index (κ3) is 3.04. The molecule has 2 unspecified atom stereocenters. The van der Waals surface area contributed by atoms with E-state index in [4.69, 9.17) is 0 Å². The number of aryl methyl sites for hydroxylation is 1. The number of aliphatic carboxylic acids is 1. The standard InChI is InChI=1S/C18H21N3O3/c1-12-7-8-20(16(9-12)18(23)24)17(22)14-10-19-21(11-14)15-6-4-3-5-13(15)2/h3-6,10-12,16H,7-9H2,1-2H3,(H,23,24). The molecule has 1 saturated heterocycles. The average molecular weight is 327 g/mol. The number of nitrogens with zero attached hydrogens (tertiary/aromatic N) is 3. The summed E-state index contributed by atoms with van der Waals surface area (Å²) in [6, 6.07) is 7.01. The molecule has 1 aliphatic rings. The summed E-state index contributed by atoms with van der Waals surface area (Å²) >= 11 is 0. The quantitative estimate of drug-likeness (QED) is 0.940. The van der Waals surface area contributed by atoms with Crippen LogP contribution >= 0.6 is 0 Å². The van der Waals surface area contributed by atoms with Crippen molar-refractivity contribution in [2.75, 3.05) is 6.54 Å². The van der Waals surface area contributed by atoms with Crippen molar-refractivity contribution in [1.29, 1.82) is 0 Å². The second-order valence-corrected chi connectivity index (χ2v) is 6.44. The topological polar surface area (TPSA) is 75.4 Å². The SMILES string of the molecule is Cc1ccccc1-n1cc(C(=O)N2CCC(C)CC2C(=O)O)cn1. The van der Waals surface area contributed by atoms with Gasteiger partial charge >= 0.3 is 5.97 Å². The Morgan fingerprint density at radius 2 is 2.04 bits per heavy atom. The van der Waals surface area contributed by atoms with Crippen LogP contribution in [0.1, 0.15) is 35.7 Å². The molecule has 126 valence electrons. The summed E-state index contributed by atoms with van der Waals surface area (Å²) in [6.45, 7) is 4.46. The van der Waals surface area contributed by atoms with E-state index in [1.165, 1.54) is 11.1 Å². The maximum absolute atomic E-state index is 12.8. The van der Waals surface area contributed by atoms with Gasteiger partial charge in [-0.05, 0) is 37.3 Å². The minimum absolute atomic E-state index is 0.269. The van der Waals surface area contributed by atoms with E-state index in [-0.39, 0.29) is 5.91 Å². The summed E-state index contributed by atoms with van der Waals surface area (Å²) in [4.78, 5) is 25.7. The molecule has 1 amide bonds. The van der Waals surface area contributed by atoms with Gasteiger partial charge < -0.3 is 10.0 Å². The lowest BCUT2D eigenvalue weighted by molar-refractivity contribution is -0.144. The number of carbonyl (C=O) groups excluding carboxylic acids is 1. The summed E-state index contributed by atoms with van der Waals surface area (Å²) < 4.78 is 1.66. The van der Waals surface area contributed by atoms with E-state index >= 15 is 0 Å². The Morgan fingerprint density at radius 3 is 2.75 bits per heavy atom. The molecule has 6 heteroatoms. The Morgan fingerprint density at radius 1 is 1.29 bits per heavy atom. The summed E-state index contributed by atoms with van der Waals surface area (Å²) in [7, 11) is 0. The van der Waals surface area contributed by atoms with Crippen LogP contribution in [0.3, 0.4) is 0 Å². The number of piperidine rings is 1. The molecule has 0 saturated carbocycles. The van der Waals surface area contributed by atoms with Crippen molar-refractivity contribution in [3.05, 3.63) is 47.8 Å². The van der Waals surface area contributed by atoms with Gasteiger partial charge in [-0.2, -0.15) is 5.10 Å². The number of hydrogen-bond donors (Lipinski definition) is 1. The Kier molecular flexibility index (Phi) is 4.38. The van der Waals surface area contributed by atoms with Gasteiger partial charge in [0.1, 0.15) is 6.04 Å². The van der Waals surface area contributed by atoms with Gasteiger partial charge in [0.05, 0.1) is 17.4 Å². The van der Waals surface area contributed by atoms with Crippen LogP contribution in [0.4, 0.5) is 0 Å². The molecular formula is C18H21N3O3. The van der Waals surface area contributed by atoms with Crippen molar-refractivity contribution in [1.82, 2.24) is 14.7 Å². The Hall–Kier alpha value is -2.63. The molecule has 2 aromatic rings. The number of carboxylic acid groups (broad SMARTS) is 1. The maximum atomic E-state index is 12.8. The van der Waals surface area contributed by atoms with E-state index in [1.807, 2.05) is 38.1 Å². The molecule has 1 aliphatic heterocycles. The first kappa shape index (κ1) is 16.2. The van der Waals surface area contributed by atoms with Gasteiger partial charge in [0.15, 0.2) is 0 Å². The van der Waals surface area contributed by atoms with Crippen LogP contribution in [0.5, 0.6) is 0 Å². The van der Waals surface area contributed by atoms with E-state index in [9.17, 15) is 14.7 Å². The lowest BCUT2D eigenvalue weighted by atomic mass is 9.92. The lowest BCUT2D eigenvalue weighted by Crippen LogP contribution is -2.49. The average Bonchev–Trinajstić information content (AvgIpc) is 3.04. The largest absolute Gasteiger partial charge is 0.480 e. The molecular weight excluding hydrogens is 306 g/mol. The van der Waals surface area contributed by atoms with Gasteiger partial charge in [0, 0.05) is 12.7 Å². The fraction of sp³-hybridized carbons (Fsp3) is 0.389. The highest BCUT2D eigenvalue weighted by Gasteiger charge is 2.35. The van der Waals surface area contributed by atoms with Crippen LogP contribution in [0.2, 0.25) is 0 Å². The van der Waals surface area contributed by atoms with Crippen LogP contribution in [0.15, 0.2) is 36.7 Å². The number of rotatable bonds is 3. The number of aromatic nitrogens is 2. The van der Waals surface area contributed by atoms with E-state index in [1.54, 1.807) is 10.9 Å². The smallest absolute Gasteiger partial charge is 0.326 e. The summed E-state index contributed by atoms with van der Waals surface area (Å²) in [6.07, 6.45) is 4.49. The number of carbonyl (C=O) groups is 2. The third-order valence-corrected chi connectivity index (χ3v) is 4.60.